The highest BCUT2D eigenvalue weighted by atomic mass is 32.1. The molecule has 1 aliphatic rings. The van der Waals surface area contributed by atoms with Crippen LogP contribution in [0.4, 0.5) is 0 Å². The summed E-state index contributed by atoms with van der Waals surface area (Å²) in [5, 5.41) is 7.35. The third-order valence-corrected chi connectivity index (χ3v) is 3.97. The van der Waals surface area contributed by atoms with Crippen LogP contribution in [0.2, 0.25) is 0 Å². The third-order valence-electron chi connectivity index (χ3n) is 3.34. The van der Waals surface area contributed by atoms with Gasteiger partial charge in [0.1, 0.15) is 12.4 Å². The van der Waals surface area contributed by atoms with E-state index in [0.29, 0.717) is 24.0 Å². The largest absolute Gasteiger partial charge is 0.487 e. The number of benzene rings is 1. The average molecular weight is 331 g/mol. The zero-order valence-corrected chi connectivity index (χ0v) is 13.3. The molecule has 1 aromatic carbocycles. The minimum absolute atomic E-state index is 0.00257. The van der Waals surface area contributed by atoms with Crippen LogP contribution in [0.5, 0.6) is 5.75 Å². The van der Waals surface area contributed by atoms with Gasteiger partial charge in [0.15, 0.2) is 0 Å². The molecular formula is C16H17N3O3S. The van der Waals surface area contributed by atoms with E-state index in [9.17, 15) is 9.59 Å². The molecule has 2 amide bonds. The summed E-state index contributed by atoms with van der Waals surface area (Å²) in [6.45, 7) is 0.397. The Kier molecular flexibility index (Phi) is 4.87. The van der Waals surface area contributed by atoms with Crippen LogP contribution in [-0.4, -0.2) is 29.4 Å². The Bertz CT molecular complexity index is 666. The quantitative estimate of drug-likeness (QED) is 0.810. The minimum atomic E-state index is -0.276. The molecule has 0 spiro atoms. The van der Waals surface area contributed by atoms with Gasteiger partial charge in [0.25, 0.3) is 5.91 Å². The number of hydrogen-bond donors (Lipinski definition) is 2. The van der Waals surface area contributed by atoms with E-state index in [1.807, 2.05) is 5.38 Å². The van der Waals surface area contributed by atoms with Gasteiger partial charge < -0.3 is 15.4 Å². The zero-order chi connectivity index (χ0) is 16.1. The molecule has 0 radical (unpaired) electrons. The lowest BCUT2D eigenvalue weighted by atomic mass is 10.2. The molecule has 0 atom stereocenters. The lowest BCUT2D eigenvalue weighted by Gasteiger charge is -2.07. The number of carbonyl (C=O) groups is 2. The number of hydrogen-bond acceptors (Lipinski definition) is 5. The molecule has 6 nitrogen and oxygen atoms in total. The Morgan fingerprint density at radius 1 is 1.26 bits per heavy atom. The molecule has 1 saturated carbocycles. The van der Waals surface area contributed by atoms with Gasteiger partial charge in [-0.3, -0.25) is 9.59 Å². The molecule has 1 aliphatic carbocycles. The Labute approximate surface area is 137 Å². The maximum atomic E-state index is 12.0. The average Bonchev–Trinajstić information content (AvgIpc) is 3.22. The second kappa shape index (κ2) is 7.23. The number of nitrogens with zero attached hydrogens (tertiary/aromatic N) is 1. The Balaban J connectivity index is 1.45. The van der Waals surface area contributed by atoms with Crippen molar-refractivity contribution in [1.82, 2.24) is 15.6 Å². The topological polar surface area (TPSA) is 80.3 Å². The summed E-state index contributed by atoms with van der Waals surface area (Å²) >= 11 is 1.52. The fourth-order valence-corrected chi connectivity index (χ4v) is 2.48. The second-order valence-corrected chi connectivity index (χ2v) is 6.04. The maximum absolute atomic E-state index is 12.0. The van der Waals surface area contributed by atoms with Crippen molar-refractivity contribution in [3.05, 3.63) is 46.4 Å². The summed E-state index contributed by atoms with van der Waals surface area (Å²) in [6, 6.07) is 7.10. The van der Waals surface area contributed by atoms with Crippen LogP contribution in [-0.2, 0) is 11.4 Å². The molecule has 1 heterocycles. The van der Waals surface area contributed by atoms with Crippen molar-refractivity contribution >= 4 is 23.2 Å². The second-order valence-electron chi connectivity index (χ2n) is 5.32. The van der Waals surface area contributed by atoms with Gasteiger partial charge in [-0.05, 0) is 37.1 Å². The van der Waals surface area contributed by atoms with Gasteiger partial charge in [0.05, 0.1) is 17.7 Å². The summed E-state index contributed by atoms with van der Waals surface area (Å²) in [5.41, 5.74) is 3.12. The van der Waals surface area contributed by atoms with E-state index >= 15 is 0 Å². The van der Waals surface area contributed by atoms with Gasteiger partial charge in [-0.2, -0.15) is 0 Å². The van der Waals surface area contributed by atoms with Crippen LogP contribution in [0.25, 0.3) is 0 Å². The first-order valence-electron chi connectivity index (χ1n) is 7.38. The summed E-state index contributed by atoms with van der Waals surface area (Å²) in [5.74, 6) is 0.243. The van der Waals surface area contributed by atoms with Crippen LogP contribution in [0, 0.1) is 0 Å². The van der Waals surface area contributed by atoms with Crippen molar-refractivity contribution in [2.45, 2.75) is 25.5 Å². The van der Waals surface area contributed by atoms with Crippen LogP contribution < -0.4 is 15.4 Å². The van der Waals surface area contributed by atoms with E-state index in [1.54, 1.807) is 29.8 Å². The number of nitrogens with one attached hydrogen (secondary N) is 2. The highest BCUT2D eigenvalue weighted by Gasteiger charge is 2.23. The van der Waals surface area contributed by atoms with Gasteiger partial charge in [0.2, 0.25) is 5.91 Å². The molecule has 23 heavy (non-hydrogen) atoms. The first-order chi connectivity index (χ1) is 11.2. The molecule has 7 heteroatoms. The molecule has 0 aliphatic heterocycles. The summed E-state index contributed by atoms with van der Waals surface area (Å²) in [6.07, 6.45) is 2.06. The van der Waals surface area contributed by atoms with Crippen LogP contribution in [0.15, 0.2) is 35.2 Å². The van der Waals surface area contributed by atoms with Gasteiger partial charge in [-0.25, -0.2) is 4.98 Å². The van der Waals surface area contributed by atoms with Crippen molar-refractivity contribution < 1.29 is 14.3 Å². The van der Waals surface area contributed by atoms with Gasteiger partial charge in [-0.15, -0.1) is 11.3 Å². The monoisotopic (exact) mass is 331 g/mol. The number of amides is 2. The van der Waals surface area contributed by atoms with Gasteiger partial charge >= 0.3 is 0 Å². The Hall–Kier alpha value is -2.41. The summed E-state index contributed by atoms with van der Waals surface area (Å²) in [4.78, 5) is 27.6. The van der Waals surface area contributed by atoms with Crippen molar-refractivity contribution in [1.29, 1.82) is 0 Å². The van der Waals surface area contributed by atoms with Gasteiger partial charge in [-0.1, -0.05) is 0 Å². The highest BCUT2D eigenvalue weighted by molar-refractivity contribution is 7.07. The normalized spacial score (nSPS) is 13.4. The lowest BCUT2D eigenvalue weighted by molar-refractivity contribution is -0.120. The molecule has 1 aromatic heterocycles. The molecule has 2 N–H and O–H groups in total. The first-order valence-corrected chi connectivity index (χ1v) is 8.32. The molecule has 0 unspecified atom stereocenters. The number of thiazole rings is 1. The standard InChI is InChI=1S/C16H17N3O3S/c20-15(19-12-3-4-12)7-17-16(21)11-1-5-14(6-2-11)22-8-13-9-23-10-18-13/h1-2,5-6,9-10,12H,3-4,7-8H2,(H,17,21)(H,19,20). The Morgan fingerprint density at radius 3 is 2.70 bits per heavy atom. The lowest BCUT2D eigenvalue weighted by Crippen LogP contribution is -2.37. The molecular weight excluding hydrogens is 314 g/mol. The fraction of sp³-hybridized carbons (Fsp3) is 0.312. The Morgan fingerprint density at radius 2 is 2.04 bits per heavy atom. The third kappa shape index (κ3) is 4.79. The van der Waals surface area contributed by atoms with E-state index in [2.05, 4.69) is 15.6 Å². The highest BCUT2D eigenvalue weighted by Crippen LogP contribution is 2.18. The zero-order valence-electron chi connectivity index (χ0n) is 12.5. The SMILES string of the molecule is O=C(CNC(=O)c1ccc(OCc2cscn2)cc1)NC1CC1. The molecule has 1 fully saturated rings. The van der Waals surface area contributed by atoms with Crippen molar-refractivity contribution in [2.24, 2.45) is 0 Å². The first kappa shape index (κ1) is 15.5. The number of carbonyl (C=O) groups excluding carboxylic acids is 2. The molecule has 120 valence electrons. The van der Waals surface area contributed by atoms with E-state index in [-0.39, 0.29) is 18.4 Å². The molecule has 3 rings (SSSR count). The van der Waals surface area contributed by atoms with Crippen LogP contribution >= 0.6 is 11.3 Å². The fourth-order valence-electron chi connectivity index (χ4n) is 1.94. The predicted octanol–water partition coefficient (Wildman–Crippen LogP) is 1.73. The maximum Gasteiger partial charge on any atom is 0.251 e. The van der Waals surface area contributed by atoms with Crippen LogP contribution in [0.3, 0.4) is 0 Å². The van der Waals surface area contributed by atoms with E-state index in [1.165, 1.54) is 11.3 Å². The summed E-state index contributed by atoms with van der Waals surface area (Å²) < 4.78 is 5.58. The molecule has 0 saturated heterocycles. The molecule has 0 bridgehead atoms. The summed E-state index contributed by atoms with van der Waals surface area (Å²) in [7, 11) is 0. The molecule has 2 aromatic rings. The number of aromatic nitrogens is 1. The van der Waals surface area contributed by atoms with Gasteiger partial charge in [0, 0.05) is 17.0 Å². The van der Waals surface area contributed by atoms with E-state index in [4.69, 9.17) is 4.74 Å². The van der Waals surface area contributed by atoms with E-state index < -0.39 is 0 Å². The number of rotatable bonds is 7. The van der Waals surface area contributed by atoms with Crippen molar-refractivity contribution in [3.63, 3.8) is 0 Å². The van der Waals surface area contributed by atoms with Crippen molar-refractivity contribution in [3.8, 4) is 5.75 Å². The minimum Gasteiger partial charge on any atom is -0.487 e. The smallest absolute Gasteiger partial charge is 0.251 e. The predicted molar refractivity (Wildman–Crippen MR) is 86.4 cm³/mol. The van der Waals surface area contributed by atoms with Crippen LogP contribution in [0.1, 0.15) is 28.9 Å². The van der Waals surface area contributed by atoms with E-state index in [0.717, 1.165) is 18.5 Å². The number of ether oxygens (including phenoxy) is 1. The van der Waals surface area contributed by atoms with Crippen molar-refractivity contribution in [2.75, 3.05) is 6.54 Å².